The van der Waals surface area contributed by atoms with Crippen molar-refractivity contribution < 1.29 is 14.7 Å². The van der Waals surface area contributed by atoms with Crippen LogP contribution in [0.2, 0.25) is 0 Å². The number of carbonyl (C=O) groups excluding carboxylic acids is 2. The van der Waals surface area contributed by atoms with Gasteiger partial charge in [-0.25, -0.2) is 0 Å². The number of aliphatic hydroxyl groups excluding tert-OH is 1. The maximum Gasteiger partial charge on any atom is 0.223 e. The van der Waals surface area contributed by atoms with E-state index in [4.69, 9.17) is 5.73 Å². The van der Waals surface area contributed by atoms with E-state index in [-0.39, 0.29) is 18.1 Å². The average Bonchev–Trinajstić information content (AvgIpc) is 2.25. The molecule has 0 rings (SSSR count). The molecule has 0 aliphatic carbocycles. The molecular weight excluding hydrogens is 256 g/mol. The summed E-state index contributed by atoms with van der Waals surface area (Å²) in [7, 11) is 0. The van der Waals surface area contributed by atoms with Crippen molar-refractivity contribution in [2.24, 2.45) is 17.6 Å². The predicted molar refractivity (Wildman–Crippen MR) is 80.1 cm³/mol. The van der Waals surface area contributed by atoms with Crippen molar-refractivity contribution in [1.29, 1.82) is 0 Å². The van der Waals surface area contributed by atoms with Crippen molar-refractivity contribution >= 4 is 11.7 Å². The summed E-state index contributed by atoms with van der Waals surface area (Å²) in [6.07, 6.45) is 0.339. The third-order valence-electron chi connectivity index (χ3n) is 3.17. The minimum absolute atomic E-state index is 0.0598. The highest BCUT2D eigenvalue weighted by atomic mass is 16.3. The molecule has 0 bridgehead atoms. The van der Waals surface area contributed by atoms with Crippen LogP contribution in [0.3, 0.4) is 0 Å². The van der Waals surface area contributed by atoms with Gasteiger partial charge in [-0.3, -0.25) is 9.59 Å². The first-order chi connectivity index (χ1) is 9.13. The van der Waals surface area contributed by atoms with Crippen LogP contribution >= 0.6 is 0 Å². The second kappa shape index (κ2) is 9.08. The van der Waals surface area contributed by atoms with Crippen LogP contribution in [0, 0.1) is 11.8 Å². The number of amides is 1. The molecule has 3 atom stereocenters. The largest absolute Gasteiger partial charge is 0.391 e. The highest BCUT2D eigenvalue weighted by Crippen LogP contribution is 2.10. The number of hydrogen-bond acceptors (Lipinski definition) is 4. The predicted octanol–water partition coefficient (Wildman–Crippen LogP) is 1.23. The van der Waals surface area contributed by atoms with Crippen LogP contribution in [0.25, 0.3) is 0 Å². The summed E-state index contributed by atoms with van der Waals surface area (Å²) in [6.45, 7) is 9.49. The SMILES string of the molecule is CC(=O)[C@H](CC(C)C)NC(=O)C[C@H](O)[C@@H](N)CC(C)C. The first-order valence-corrected chi connectivity index (χ1v) is 7.36. The molecule has 0 fully saturated rings. The van der Waals surface area contributed by atoms with Crippen LogP contribution in [0.4, 0.5) is 0 Å². The van der Waals surface area contributed by atoms with E-state index in [9.17, 15) is 14.7 Å². The number of carbonyl (C=O) groups is 2. The lowest BCUT2D eigenvalue weighted by Gasteiger charge is -2.22. The molecule has 1 amide bonds. The summed E-state index contributed by atoms with van der Waals surface area (Å²) in [5.74, 6) is 0.302. The monoisotopic (exact) mass is 286 g/mol. The van der Waals surface area contributed by atoms with E-state index in [1.54, 1.807) is 0 Å². The summed E-state index contributed by atoms with van der Waals surface area (Å²) in [4.78, 5) is 23.3. The van der Waals surface area contributed by atoms with E-state index in [1.165, 1.54) is 6.92 Å². The lowest BCUT2D eigenvalue weighted by Crippen LogP contribution is -2.44. The number of hydrogen-bond donors (Lipinski definition) is 3. The van der Waals surface area contributed by atoms with Crippen molar-refractivity contribution in [3.05, 3.63) is 0 Å². The van der Waals surface area contributed by atoms with Crippen molar-refractivity contribution in [3.8, 4) is 0 Å². The zero-order chi connectivity index (χ0) is 15.9. The summed E-state index contributed by atoms with van der Waals surface area (Å²) in [5, 5.41) is 12.6. The Kier molecular flexibility index (Phi) is 8.65. The second-order valence-electron chi connectivity index (χ2n) is 6.43. The number of nitrogens with one attached hydrogen (secondary N) is 1. The van der Waals surface area contributed by atoms with Gasteiger partial charge in [0.05, 0.1) is 18.6 Å². The van der Waals surface area contributed by atoms with Gasteiger partial charge < -0.3 is 16.2 Å². The van der Waals surface area contributed by atoms with Crippen LogP contribution < -0.4 is 11.1 Å². The molecule has 0 radical (unpaired) electrons. The third-order valence-corrected chi connectivity index (χ3v) is 3.17. The Bertz CT molecular complexity index is 316. The van der Waals surface area contributed by atoms with Crippen LogP contribution in [-0.2, 0) is 9.59 Å². The number of aliphatic hydroxyl groups is 1. The van der Waals surface area contributed by atoms with Gasteiger partial charge in [-0.05, 0) is 31.6 Å². The molecule has 0 saturated carbocycles. The third kappa shape index (κ3) is 8.27. The molecule has 20 heavy (non-hydrogen) atoms. The van der Waals surface area contributed by atoms with E-state index in [0.29, 0.717) is 24.7 Å². The number of rotatable bonds is 9. The lowest BCUT2D eigenvalue weighted by atomic mass is 9.97. The van der Waals surface area contributed by atoms with Crippen LogP contribution in [0.15, 0.2) is 0 Å². The zero-order valence-electron chi connectivity index (χ0n) is 13.3. The van der Waals surface area contributed by atoms with Gasteiger partial charge in [-0.15, -0.1) is 0 Å². The molecule has 0 saturated heterocycles. The molecule has 0 aromatic rings. The van der Waals surface area contributed by atoms with Gasteiger partial charge in [0, 0.05) is 6.04 Å². The maximum absolute atomic E-state index is 11.9. The Labute approximate surface area is 122 Å². The number of Topliss-reactive ketones (excluding diaryl/α,β-unsaturated/α-hetero) is 1. The molecule has 0 aromatic heterocycles. The molecule has 0 aliphatic rings. The first kappa shape index (κ1) is 19.1. The van der Waals surface area contributed by atoms with Crippen LogP contribution in [0.1, 0.15) is 53.9 Å². The fourth-order valence-electron chi connectivity index (χ4n) is 2.09. The molecule has 0 spiro atoms. The molecule has 5 heteroatoms. The van der Waals surface area contributed by atoms with Crippen molar-refractivity contribution in [3.63, 3.8) is 0 Å². The van der Waals surface area contributed by atoms with Crippen molar-refractivity contribution in [2.75, 3.05) is 0 Å². The topological polar surface area (TPSA) is 92.4 Å². The van der Waals surface area contributed by atoms with Crippen molar-refractivity contribution in [1.82, 2.24) is 5.32 Å². The molecular formula is C15H30N2O3. The van der Waals surface area contributed by atoms with E-state index in [1.807, 2.05) is 27.7 Å². The van der Waals surface area contributed by atoms with Crippen LogP contribution in [-0.4, -0.2) is 35.0 Å². The first-order valence-electron chi connectivity index (χ1n) is 7.36. The minimum atomic E-state index is -0.871. The van der Waals surface area contributed by atoms with Gasteiger partial charge in [0.15, 0.2) is 5.78 Å². The molecule has 0 aromatic carbocycles. The lowest BCUT2D eigenvalue weighted by molar-refractivity contribution is -0.128. The summed E-state index contributed by atoms with van der Waals surface area (Å²) in [5.41, 5.74) is 5.84. The van der Waals surface area contributed by atoms with Gasteiger partial charge >= 0.3 is 0 Å². The minimum Gasteiger partial charge on any atom is -0.391 e. The van der Waals surface area contributed by atoms with Gasteiger partial charge in [0.2, 0.25) is 5.91 Å². The molecule has 0 unspecified atom stereocenters. The molecule has 5 nitrogen and oxygen atoms in total. The van der Waals surface area contributed by atoms with Gasteiger partial charge in [-0.1, -0.05) is 27.7 Å². The summed E-state index contributed by atoms with van der Waals surface area (Å²) < 4.78 is 0. The quantitative estimate of drug-likeness (QED) is 0.594. The second-order valence-corrected chi connectivity index (χ2v) is 6.43. The Morgan fingerprint density at radius 3 is 2.00 bits per heavy atom. The molecule has 0 heterocycles. The maximum atomic E-state index is 11.9. The molecule has 4 N–H and O–H groups in total. The van der Waals surface area contributed by atoms with Crippen LogP contribution in [0.5, 0.6) is 0 Å². The van der Waals surface area contributed by atoms with E-state index in [0.717, 1.165) is 0 Å². The Balaban J connectivity index is 4.34. The van der Waals surface area contributed by atoms with Gasteiger partial charge in [0.25, 0.3) is 0 Å². The zero-order valence-corrected chi connectivity index (χ0v) is 13.3. The van der Waals surface area contributed by atoms with Gasteiger partial charge in [0.1, 0.15) is 0 Å². The Hall–Kier alpha value is -0.940. The molecule has 118 valence electrons. The number of nitrogens with two attached hydrogens (primary N) is 1. The fraction of sp³-hybridized carbons (Fsp3) is 0.867. The fourth-order valence-corrected chi connectivity index (χ4v) is 2.09. The van der Waals surface area contributed by atoms with E-state index in [2.05, 4.69) is 5.32 Å². The highest BCUT2D eigenvalue weighted by Gasteiger charge is 2.23. The van der Waals surface area contributed by atoms with Gasteiger partial charge in [-0.2, -0.15) is 0 Å². The van der Waals surface area contributed by atoms with E-state index >= 15 is 0 Å². The summed E-state index contributed by atoms with van der Waals surface area (Å²) >= 11 is 0. The Morgan fingerprint density at radius 2 is 1.60 bits per heavy atom. The highest BCUT2D eigenvalue weighted by molar-refractivity contribution is 5.87. The smallest absolute Gasteiger partial charge is 0.223 e. The number of ketones is 1. The normalized spacial score (nSPS) is 16.1. The average molecular weight is 286 g/mol. The van der Waals surface area contributed by atoms with E-state index < -0.39 is 18.2 Å². The summed E-state index contributed by atoms with van der Waals surface area (Å²) in [6, 6.07) is -0.891. The standard InChI is InChI=1S/C15H30N2O3/c1-9(2)6-12(16)14(19)8-15(20)17-13(11(5)18)7-10(3)4/h9-10,12-14,19H,6-8,16H2,1-5H3,(H,17,20)/t12-,13-,14-/m0/s1. The Morgan fingerprint density at radius 1 is 1.10 bits per heavy atom. The van der Waals surface area contributed by atoms with Crippen molar-refractivity contribution in [2.45, 2.75) is 72.1 Å². The molecule has 0 aliphatic heterocycles.